The van der Waals surface area contributed by atoms with Gasteiger partial charge in [0.2, 0.25) is 5.79 Å². The molecule has 5 aromatic rings. The van der Waals surface area contributed by atoms with E-state index in [4.69, 9.17) is 14.2 Å². The number of piperazine rings is 1. The van der Waals surface area contributed by atoms with Gasteiger partial charge >= 0.3 is 5.69 Å². The Hall–Kier alpha value is -5.08. The molecule has 4 heterocycles. The summed E-state index contributed by atoms with van der Waals surface area (Å²) < 4.78 is 51.4. The number of benzene rings is 3. The molecule has 3 atom stereocenters. The third-order valence-electron chi connectivity index (χ3n) is 9.15. The molecule has 0 amide bonds. The molecule has 2 aliphatic heterocycles. The van der Waals surface area contributed by atoms with E-state index in [0.29, 0.717) is 5.75 Å². The molecule has 0 saturated carbocycles. The van der Waals surface area contributed by atoms with Crippen molar-refractivity contribution in [1.82, 2.24) is 29.1 Å². The van der Waals surface area contributed by atoms with E-state index in [2.05, 4.69) is 37.1 Å². The molecule has 2 aromatic heterocycles. The minimum Gasteiger partial charge on any atom is -0.491 e. The predicted octanol–water partition coefficient (Wildman–Crippen LogP) is 4.55. The number of halogens is 2. The highest BCUT2D eigenvalue weighted by atomic mass is 19.1. The topological polar surface area (TPSA) is 105 Å². The Morgan fingerprint density at radius 1 is 0.918 bits per heavy atom. The average molecular weight is 673 g/mol. The Kier molecular flexibility index (Phi) is 9.15. The highest BCUT2D eigenvalue weighted by molar-refractivity contribution is 5.54. The number of anilines is 2. The number of aromatic nitrogens is 6. The fourth-order valence-electron chi connectivity index (χ4n) is 6.24. The Balaban J connectivity index is 0.925. The summed E-state index contributed by atoms with van der Waals surface area (Å²) in [6.07, 6.45) is 4.77. The Morgan fingerprint density at radius 2 is 1.59 bits per heavy atom. The second kappa shape index (κ2) is 13.8. The second-order valence-electron chi connectivity index (χ2n) is 12.3. The zero-order valence-electron chi connectivity index (χ0n) is 27.4. The lowest BCUT2D eigenvalue weighted by Crippen LogP contribution is -2.46. The lowest BCUT2D eigenvalue weighted by atomic mass is 10.0. The van der Waals surface area contributed by atoms with Gasteiger partial charge in [-0.25, -0.2) is 32.5 Å². The van der Waals surface area contributed by atoms with Crippen LogP contribution in [0, 0.1) is 11.6 Å². The van der Waals surface area contributed by atoms with E-state index in [1.54, 1.807) is 10.9 Å². The molecule has 0 N–H and O–H groups in total. The fourth-order valence-corrected chi connectivity index (χ4v) is 6.24. The molecule has 12 nitrogen and oxygen atoms in total. The molecule has 0 aliphatic carbocycles. The van der Waals surface area contributed by atoms with Crippen molar-refractivity contribution in [2.45, 2.75) is 44.7 Å². The second-order valence-corrected chi connectivity index (χ2v) is 12.3. The van der Waals surface area contributed by atoms with Gasteiger partial charge in [-0.1, -0.05) is 6.92 Å². The summed E-state index contributed by atoms with van der Waals surface area (Å²) in [5, 5.41) is 8.39. The first-order valence-corrected chi connectivity index (χ1v) is 16.4. The molecule has 2 fully saturated rings. The maximum atomic E-state index is 14.9. The van der Waals surface area contributed by atoms with Crippen LogP contribution in [0.3, 0.4) is 0 Å². The maximum absolute atomic E-state index is 14.9. The number of hydrogen-bond acceptors (Lipinski definition) is 9. The van der Waals surface area contributed by atoms with Crippen molar-refractivity contribution >= 4 is 11.4 Å². The summed E-state index contributed by atoms with van der Waals surface area (Å²) >= 11 is 0. The zero-order valence-corrected chi connectivity index (χ0v) is 27.4. The Morgan fingerprint density at radius 3 is 2.22 bits per heavy atom. The van der Waals surface area contributed by atoms with Crippen LogP contribution in [0.15, 0.2) is 90.5 Å². The smallest absolute Gasteiger partial charge is 0.350 e. The van der Waals surface area contributed by atoms with Crippen molar-refractivity contribution in [3.8, 4) is 11.4 Å². The van der Waals surface area contributed by atoms with Gasteiger partial charge in [0.1, 0.15) is 55.6 Å². The third kappa shape index (κ3) is 6.78. The van der Waals surface area contributed by atoms with Crippen LogP contribution in [0.1, 0.15) is 31.9 Å². The molecule has 7 rings (SSSR count). The highest BCUT2D eigenvalue weighted by Gasteiger charge is 2.46. The van der Waals surface area contributed by atoms with E-state index < -0.39 is 23.5 Å². The number of rotatable bonds is 11. The normalized spacial score (nSPS) is 20.1. The van der Waals surface area contributed by atoms with Gasteiger partial charge in [0.25, 0.3) is 0 Å². The van der Waals surface area contributed by atoms with Crippen LogP contribution < -0.4 is 20.2 Å². The van der Waals surface area contributed by atoms with Crippen molar-refractivity contribution in [1.29, 1.82) is 0 Å². The average Bonchev–Trinajstić information content (AvgIpc) is 3.88. The summed E-state index contributed by atoms with van der Waals surface area (Å²) in [5.74, 6) is -2.30. The van der Waals surface area contributed by atoms with E-state index in [0.717, 1.165) is 55.7 Å². The van der Waals surface area contributed by atoms with Gasteiger partial charge < -0.3 is 24.0 Å². The van der Waals surface area contributed by atoms with Crippen LogP contribution >= 0.6 is 0 Å². The van der Waals surface area contributed by atoms with Crippen molar-refractivity contribution in [3.63, 3.8) is 0 Å². The third-order valence-corrected chi connectivity index (χ3v) is 9.15. The highest BCUT2D eigenvalue weighted by Crippen LogP contribution is 2.38. The van der Waals surface area contributed by atoms with E-state index in [-0.39, 0.29) is 37.1 Å². The number of ether oxygens (including phenoxy) is 3. The summed E-state index contributed by atoms with van der Waals surface area (Å²) in [6.45, 7) is 7.80. The SMILES string of the molecule is CCC(C)n1ncn(-c2ccc(N3CCN(c4ccc(OC[C@@H]5CO[C@@](Cn6cncn6)(c6ccc(F)cc6F)O5)cc4)CC3)cc2)c1=O. The first-order chi connectivity index (χ1) is 23.8. The molecule has 256 valence electrons. The molecule has 1 unspecified atom stereocenters. The largest absolute Gasteiger partial charge is 0.491 e. The molecular formula is C35H38F2N8O4. The minimum atomic E-state index is -1.51. The van der Waals surface area contributed by atoms with Gasteiger partial charge in [0.05, 0.1) is 18.3 Å². The van der Waals surface area contributed by atoms with Crippen LogP contribution in [-0.4, -0.2) is 74.6 Å². The molecule has 14 heteroatoms. The summed E-state index contributed by atoms with van der Waals surface area (Å²) in [7, 11) is 0. The molecule has 0 spiro atoms. The molecule has 49 heavy (non-hydrogen) atoms. The quantitative estimate of drug-likeness (QED) is 0.200. The molecule has 0 bridgehead atoms. The predicted molar refractivity (Wildman–Crippen MR) is 178 cm³/mol. The van der Waals surface area contributed by atoms with E-state index in [9.17, 15) is 13.6 Å². The van der Waals surface area contributed by atoms with Gasteiger partial charge in [0, 0.05) is 49.2 Å². The monoisotopic (exact) mass is 672 g/mol. The van der Waals surface area contributed by atoms with Crippen LogP contribution in [0.2, 0.25) is 0 Å². The molecular weight excluding hydrogens is 634 g/mol. The lowest BCUT2D eigenvalue weighted by Gasteiger charge is -2.37. The minimum absolute atomic E-state index is 0.0334. The lowest BCUT2D eigenvalue weighted by molar-refractivity contribution is -0.192. The van der Waals surface area contributed by atoms with Crippen molar-refractivity contribution in [2.24, 2.45) is 0 Å². The van der Waals surface area contributed by atoms with Crippen LogP contribution in [0.4, 0.5) is 20.2 Å². The first-order valence-electron chi connectivity index (χ1n) is 16.4. The molecule has 2 saturated heterocycles. The molecule has 0 radical (unpaired) electrons. The van der Waals surface area contributed by atoms with E-state index >= 15 is 0 Å². The van der Waals surface area contributed by atoms with Gasteiger partial charge in [-0.3, -0.25) is 0 Å². The van der Waals surface area contributed by atoms with Crippen LogP contribution in [-0.2, 0) is 21.8 Å². The summed E-state index contributed by atoms with van der Waals surface area (Å²) in [5.41, 5.74) is 2.95. The molecule has 3 aromatic carbocycles. The Labute approximate surface area is 282 Å². The number of hydrogen-bond donors (Lipinski definition) is 0. The first kappa shape index (κ1) is 32.5. The summed E-state index contributed by atoms with van der Waals surface area (Å²) in [6, 6.07) is 19.3. The zero-order chi connectivity index (χ0) is 34.0. The van der Waals surface area contributed by atoms with Crippen LogP contribution in [0.5, 0.6) is 5.75 Å². The number of nitrogens with zero attached hydrogens (tertiary/aromatic N) is 8. The van der Waals surface area contributed by atoms with Crippen molar-refractivity contribution in [2.75, 3.05) is 49.2 Å². The van der Waals surface area contributed by atoms with Crippen molar-refractivity contribution < 1.29 is 23.0 Å². The van der Waals surface area contributed by atoms with Crippen molar-refractivity contribution in [3.05, 3.63) is 113 Å². The van der Waals surface area contributed by atoms with E-state index in [1.807, 2.05) is 50.2 Å². The van der Waals surface area contributed by atoms with Gasteiger partial charge in [-0.15, -0.1) is 0 Å². The standard InChI is InChI=1S/C35H38F2N8O4/c1-3-25(2)45-34(46)44(24-40-45)29-7-5-27(6-8-29)41-14-16-42(17-15-41)28-9-11-30(12-10-28)47-19-31-20-48-35(49-31,21-43-23-38-22-39-43)32-13-4-26(36)18-33(32)37/h4-13,18,22-25,31H,3,14-17,19-21H2,1-2H3/t25?,31-,35-/m1/s1. The fraction of sp³-hybridized carbons (Fsp3) is 0.371. The molecule has 2 aliphatic rings. The van der Waals surface area contributed by atoms with Gasteiger partial charge in [-0.2, -0.15) is 10.2 Å². The van der Waals surface area contributed by atoms with E-state index in [1.165, 1.54) is 34.2 Å². The van der Waals surface area contributed by atoms with Gasteiger partial charge in [0.15, 0.2) is 0 Å². The van der Waals surface area contributed by atoms with Crippen LogP contribution in [0.25, 0.3) is 5.69 Å². The Bertz CT molecular complexity index is 1910. The maximum Gasteiger partial charge on any atom is 0.350 e. The van der Waals surface area contributed by atoms with Gasteiger partial charge in [-0.05, 0) is 74.0 Å². The summed E-state index contributed by atoms with van der Waals surface area (Å²) in [4.78, 5) is 21.4.